The van der Waals surface area contributed by atoms with E-state index >= 15 is 0 Å². The Bertz CT molecular complexity index is 572. The molecule has 0 spiro atoms. The zero-order chi connectivity index (χ0) is 13.8. The molecule has 100 valence electrons. The first-order valence-electron chi connectivity index (χ1n) is 5.90. The van der Waals surface area contributed by atoms with Gasteiger partial charge in [-0.15, -0.1) is 11.6 Å². The molecule has 0 N–H and O–H groups in total. The minimum Gasteiger partial charge on any atom is -0.370 e. The molecule has 1 nitrogen and oxygen atoms in total. The van der Waals surface area contributed by atoms with Gasteiger partial charge in [-0.3, -0.25) is 0 Å². The van der Waals surface area contributed by atoms with E-state index in [2.05, 4.69) is 40.0 Å². The smallest absolute Gasteiger partial charge is 0.0494 e. The summed E-state index contributed by atoms with van der Waals surface area (Å²) in [7, 11) is 2.05. The largest absolute Gasteiger partial charge is 0.370 e. The average molecular weight is 359 g/mol. The summed E-state index contributed by atoms with van der Waals surface area (Å²) in [5, 5.41) is 0.762. The highest BCUT2D eigenvalue weighted by Gasteiger charge is 2.08. The van der Waals surface area contributed by atoms with Crippen LogP contribution in [0.4, 0.5) is 5.69 Å². The molecular formula is C15H14BrCl2N. The van der Waals surface area contributed by atoms with Crippen molar-refractivity contribution in [1.29, 1.82) is 0 Å². The van der Waals surface area contributed by atoms with E-state index in [1.807, 2.05) is 30.3 Å². The van der Waals surface area contributed by atoms with Crippen molar-refractivity contribution < 1.29 is 0 Å². The molecule has 2 aromatic rings. The number of anilines is 1. The number of benzene rings is 2. The maximum Gasteiger partial charge on any atom is 0.0494 e. The van der Waals surface area contributed by atoms with E-state index in [9.17, 15) is 0 Å². The number of hydrogen-bond acceptors (Lipinski definition) is 1. The van der Waals surface area contributed by atoms with Gasteiger partial charge in [-0.25, -0.2) is 0 Å². The molecule has 0 amide bonds. The highest BCUT2D eigenvalue weighted by molar-refractivity contribution is 9.10. The quantitative estimate of drug-likeness (QED) is 0.654. The summed E-state index contributed by atoms with van der Waals surface area (Å²) in [5.41, 5.74) is 3.43. The highest BCUT2D eigenvalue weighted by atomic mass is 79.9. The second kappa shape index (κ2) is 6.65. The van der Waals surface area contributed by atoms with Gasteiger partial charge < -0.3 is 4.90 Å². The standard InChI is InChI=1S/C15H14BrCl2N/c1-19(10-11-3-2-4-14(18)7-11)15-8-13(16)6-5-12(15)9-17/h2-8H,9-10H2,1H3. The summed E-state index contributed by atoms with van der Waals surface area (Å²) >= 11 is 15.5. The molecule has 0 aliphatic rings. The molecule has 0 aliphatic heterocycles. The number of alkyl halides is 1. The van der Waals surface area contributed by atoms with Crippen molar-refractivity contribution >= 4 is 44.8 Å². The Kier molecular flexibility index (Phi) is 5.14. The Morgan fingerprint density at radius 1 is 1.16 bits per heavy atom. The third kappa shape index (κ3) is 3.88. The van der Waals surface area contributed by atoms with Crippen LogP contribution in [0.2, 0.25) is 5.02 Å². The van der Waals surface area contributed by atoms with Crippen molar-refractivity contribution in [3.63, 3.8) is 0 Å². The molecule has 0 aromatic heterocycles. The Labute approximate surface area is 132 Å². The molecule has 0 bridgehead atoms. The first-order valence-corrected chi connectivity index (χ1v) is 7.60. The van der Waals surface area contributed by atoms with Crippen molar-refractivity contribution in [3.8, 4) is 0 Å². The van der Waals surface area contributed by atoms with Gasteiger partial charge in [0.25, 0.3) is 0 Å². The Hall–Kier alpha value is -0.700. The van der Waals surface area contributed by atoms with Gasteiger partial charge in [0.15, 0.2) is 0 Å². The average Bonchev–Trinajstić information content (AvgIpc) is 2.38. The normalized spacial score (nSPS) is 10.5. The second-order valence-corrected chi connectivity index (χ2v) is 6.01. The number of hydrogen-bond donors (Lipinski definition) is 0. The fraction of sp³-hybridized carbons (Fsp3) is 0.200. The van der Waals surface area contributed by atoms with Gasteiger partial charge in [-0.2, -0.15) is 0 Å². The summed E-state index contributed by atoms with van der Waals surface area (Å²) < 4.78 is 1.05. The summed E-state index contributed by atoms with van der Waals surface area (Å²) in [6, 6.07) is 14.0. The predicted octanol–water partition coefficient (Wildman–Crippen LogP) is 5.48. The van der Waals surface area contributed by atoms with Gasteiger partial charge in [-0.1, -0.05) is 45.7 Å². The van der Waals surface area contributed by atoms with Gasteiger partial charge in [0.05, 0.1) is 0 Å². The van der Waals surface area contributed by atoms with Crippen molar-refractivity contribution in [2.75, 3.05) is 11.9 Å². The number of rotatable bonds is 4. The maximum atomic E-state index is 6.01. The fourth-order valence-electron chi connectivity index (χ4n) is 2.00. The van der Waals surface area contributed by atoms with Crippen LogP contribution in [-0.2, 0) is 12.4 Å². The van der Waals surface area contributed by atoms with Crippen LogP contribution in [0.5, 0.6) is 0 Å². The van der Waals surface area contributed by atoms with Crippen molar-refractivity contribution in [3.05, 3.63) is 63.1 Å². The fourth-order valence-corrected chi connectivity index (χ4v) is 2.79. The molecule has 0 saturated carbocycles. The van der Waals surface area contributed by atoms with Gasteiger partial charge in [0, 0.05) is 34.7 Å². The summed E-state index contributed by atoms with van der Waals surface area (Å²) in [5.74, 6) is 0.502. The molecule has 0 radical (unpaired) electrons. The molecule has 0 atom stereocenters. The number of nitrogens with zero attached hydrogens (tertiary/aromatic N) is 1. The molecule has 2 rings (SSSR count). The monoisotopic (exact) mass is 357 g/mol. The van der Waals surface area contributed by atoms with Gasteiger partial charge in [0.1, 0.15) is 0 Å². The molecule has 0 saturated heterocycles. The van der Waals surface area contributed by atoms with Gasteiger partial charge in [0.2, 0.25) is 0 Å². The summed E-state index contributed by atoms with van der Waals surface area (Å²) in [4.78, 5) is 2.17. The maximum absolute atomic E-state index is 6.01. The Morgan fingerprint density at radius 2 is 1.95 bits per heavy atom. The van der Waals surface area contributed by atoms with E-state index in [1.54, 1.807) is 0 Å². The Morgan fingerprint density at radius 3 is 2.63 bits per heavy atom. The van der Waals surface area contributed by atoms with Crippen LogP contribution in [0.25, 0.3) is 0 Å². The van der Waals surface area contributed by atoms with Gasteiger partial charge >= 0.3 is 0 Å². The van der Waals surface area contributed by atoms with E-state index in [-0.39, 0.29) is 0 Å². The van der Waals surface area contributed by atoms with E-state index in [1.165, 1.54) is 5.56 Å². The zero-order valence-corrected chi connectivity index (χ0v) is 13.6. The van der Waals surface area contributed by atoms with E-state index < -0.39 is 0 Å². The van der Waals surface area contributed by atoms with Crippen LogP contribution in [0.15, 0.2) is 46.9 Å². The van der Waals surface area contributed by atoms with E-state index in [0.717, 1.165) is 27.3 Å². The first kappa shape index (κ1) is 14.7. The lowest BCUT2D eigenvalue weighted by Gasteiger charge is -2.22. The molecule has 0 aliphatic carbocycles. The van der Waals surface area contributed by atoms with Crippen molar-refractivity contribution in [2.45, 2.75) is 12.4 Å². The molecule has 4 heteroatoms. The third-order valence-corrected chi connectivity index (χ3v) is 3.93. The lowest BCUT2D eigenvalue weighted by molar-refractivity contribution is 0.915. The molecule has 0 unspecified atom stereocenters. The summed E-state index contributed by atoms with van der Waals surface area (Å²) in [6.45, 7) is 0.793. The third-order valence-electron chi connectivity index (χ3n) is 2.91. The van der Waals surface area contributed by atoms with Crippen LogP contribution in [0.3, 0.4) is 0 Å². The van der Waals surface area contributed by atoms with Crippen molar-refractivity contribution in [2.24, 2.45) is 0 Å². The zero-order valence-electron chi connectivity index (χ0n) is 10.5. The van der Waals surface area contributed by atoms with Crippen LogP contribution >= 0.6 is 39.1 Å². The lowest BCUT2D eigenvalue weighted by Crippen LogP contribution is -2.17. The SMILES string of the molecule is CN(Cc1cccc(Cl)c1)c1cc(Br)ccc1CCl. The molecule has 0 fully saturated rings. The molecule has 19 heavy (non-hydrogen) atoms. The molecule has 0 heterocycles. The Balaban J connectivity index is 2.24. The minimum atomic E-state index is 0.502. The van der Waals surface area contributed by atoms with Crippen LogP contribution in [0.1, 0.15) is 11.1 Å². The lowest BCUT2D eigenvalue weighted by atomic mass is 10.1. The summed E-state index contributed by atoms with van der Waals surface area (Å²) in [6.07, 6.45) is 0. The van der Waals surface area contributed by atoms with Crippen LogP contribution in [-0.4, -0.2) is 7.05 Å². The highest BCUT2D eigenvalue weighted by Crippen LogP contribution is 2.27. The minimum absolute atomic E-state index is 0.502. The van der Waals surface area contributed by atoms with Crippen LogP contribution < -0.4 is 4.90 Å². The van der Waals surface area contributed by atoms with Crippen molar-refractivity contribution in [1.82, 2.24) is 0 Å². The number of halogens is 3. The second-order valence-electron chi connectivity index (χ2n) is 4.39. The molecule has 2 aromatic carbocycles. The molecular weight excluding hydrogens is 345 g/mol. The van der Waals surface area contributed by atoms with Gasteiger partial charge in [-0.05, 0) is 35.4 Å². The van der Waals surface area contributed by atoms with E-state index in [0.29, 0.717) is 5.88 Å². The predicted molar refractivity (Wildman–Crippen MR) is 87.3 cm³/mol. The topological polar surface area (TPSA) is 3.24 Å². The first-order chi connectivity index (χ1) is 9.10. The van der Waals surface area contributed by atoms with E-state index in [4.69, 9.17) is 23.2 Å². The van der Waals surface area contributed by atoms with Crippen LogP contribution in [0, 0.1) is 0 Å².